The van der Waals surface area contributed by atoms with Gasteiger partial charge in [0.15, 0.2) is 0 Å². The van der Waals surface area contributed by atoms with Crippen molar-refractivity contribution in [3.8, 4) is 5.75 Å². The molecule has 0 atom stereocenters. The van der Waals surface area contributed by atoms with Gasteiger partial charge < -0.3 is 15.0 Å². The number of methoxy groups -OCH3 is 1. The monoisotopic (exact) mass is 385 g/mol. The maximum Gasteiger partial charge on any atom is 0.255 e. The smallest absolute Gasteiger partial charge is 0.255 e. The number of amides is 2. The van der Waals surface area contributed by atoms with Gasteiger partial charge in [0, 0.05) is 19.3 Å². The van der Waals surface area contributed by atoms with Crippen molar-refractivity contribution < 1.29 is 14.3 Å². The maximum absolute atomic E-state index is 12.3. The molecule has 0 spiro atoms. The molecule has 142 valence electrons. The van der Waals surface area contributed by atoms with Crippen LogP contribution in [0, 0.1) is 6.92 Å². The third-order valence-electron chi connectivity index (χ3n) is 4.36. The lowest BCUT2D eigenvalue weighted by Gasteiger charge is -2.14. The van der Waals surface area contributed by atoms with Crippen LogP contribution in [0.15, 0.2) is 41.6 Å². The number of ether oxygens (including phenoxy) is 1. The van der Waals surface area contributed by atoms with Gasteiger partial charge in [0.2, 0.25) is 5.91 Å². The van der Waals surface area contributed by atoms with E-state index in [2.05, 4.69) is 10.3 Å². The highest BCUT2D eigenvalue weighted by Crippen LogP contribution is 2.26. The lowest BCUT2D eigenvalue weighted by atomic mass is 10.2. The molecule has 1 saturated heterocycles. The minimum Gasteiger partial charge on any atom is -0.495 e. The van der Waals surface area contributed by atoms with Gasteiger partial charge >= 0.3 is 0 Å². The minimum absolute atomic E-state index is 0.0286. The SMILES string of the molecule is COc1ccc(C)cc1NC(=O)CSc1ccc(C(=O)N2CCCC2)cn1. The second-order valence-corrected chi connectivity index (χ2v) is 7.42. The number of carbonyl (C=O) groups excluding carboxylic acids is 2. The number of aromatic nitrogens is 1. The number of benzene rings is 1. The summed E-state index contributed by atoms with van der Waals surface area (Å²) in [6, 6.07) is 9.19. The number of hydrogen-bond donors (Lipinski definition) is 1. The molecule has 2 heterocycles. The molecule has 0 saturated carbocycles. The predicted molar refractivity (Wildman–Crippen MR) is 106 cm³/mol. The fourth-order valence-corrected chi connectivity index (χ4v) is 3.58. The van der Waals surface area contributed by atoms with E-state index < -0.39 is 0 Å². The molecule has 2 aromatic rings. The molecule has 1 aliphatic heterocycles. The minimum atomic E-state index is -0.136. The van der Waals surface area contributed by atoms with Gasteiger partial charge in [-0.15, -0.1) is 0 Å². The van der Waals surface area contributed by atoms with Crippen LogP contribution >= 0.6 is 11.8 Å². The number of aryl methyl sites for hydroxylation is 1. The topological polar surface area (TPSA) is 71.5 Å². The van der Waals surface area contributed by atoms with Crippen molar-refractivity contribution in [2.45, 2.75) is 24.8 Å². The van der Waals surface area contributed by atoms with Crippen LogP contribution in [0.25, 0.3) is 0 Å². The largest absolute Gasteiger partial charge is 0.495 e. The number of carbonyl (C=O) groups is 2. The Morgan fingerprint density at radius 1 is 1.22 bits per heavy atom. The number of thioether (sulfide) groups is 1. The van der Waals surface area contributed by atoms with Gasteiger partial charge in [-0.3, -0.25) is 9.59 Å². The van der Waals surface area contributed by atoms with Gasteiger partial charge in [-0.1, -0.05) is 17.8 Å². The summed E-state index contributed by atoms with van der Waals surface area (Å²) < 4.78 is 5.27. The van der Waals surface area contributed by atoms with Crippen LogP contribution in [-0.4, -0.2) is 47.7 Å². The lowest BCUT2D eigenvalue weighted by Crippen LogP contribution is -2.27. The van der Waals surface area contributed by atoms with Crippen LogP contribution in [-0.2, 0) is 4.79 Å². The molecular weight excluding hydrogens is 362 g/mol. The molecule has 0 unspecified atom stereocenters. The molecule has 1 aromatic heterocycles. The molecule has 0 bridgehead atoms. The fraction of sp³-hybridized carbons (Fsp3) is 0.350. The summed E-state index contributed by atoms with van der Waals surface area (Å²) in [5, 5.41) is 3.57. The third kappa shape index (κ3) is 5.01. The summed E-state index contributed by atoms with van der Waals surface area (Å²) in [6.07, 6.45) is 3.71. The van der Waals surface area contributed by atoms with Crippen LogP contribution < -0.4 is 10.1 Å². The molecule has 1 fully saturated rings. The molecule has 0 aliphatic carbocycles. The van der Waals surface area contributed by atoms with Crippen LogP contribution in [0.3, 0.4) is 0 Å². The predicted octanol–water partition coefficient (Wildman–Crippen LogP) is 3.37. The zero-order valence-corrected chi connectivity index (χ0v) is 16.3. The summed E-state index contributed by atoms with van der Waals surface area (Å²) in [6.45, 7) is 3.59. The van der Waals surface area contributed by atoms with E-state index in [4.69, 9.17) is 4.74 Å². The van der Waals surface area contributed by atoms with Gasteiger partial charge in [0.25, 0.3) is 5.91 Å². The Labute approximate surface area is 163 Å². The van der Waals surface area contributed by atoms with E-state index in [1.807, 2.05) is 30.0 Å². The van der Waals surface area contributed by atoms with Crippen molar-refractivity contribution in [1.29, 1.82) is 0 Å². The van der Waals surface area contributed by atoms with Crippen LogP contribution in [0.1, 0.15) is 28.8 Å². The molecule has 3 rings (SSSR count). The van der Waals surface area contributed by atoms with Gasteiger partial charge in [-0.2, -0.15) is 0 Å². The van der Waals surface area contributed by atoms with Crippen molar-refractivity contribution >= 4 is 29.3 Å². The van der Waals surface area contributed by atoms with E-state index in [-0.39, 0.29) is 17.6 Å². The fourth-order valence-electron chi connectivity index (χ4n) is 2.94. The van der Waals surface area contributed by atoms with E-state index in [0.717, 1.165) is 31.5 Å². The molecule has 1 aliphatic rings. The standard InChI is InChI=1S/C20H23N3O3S/c1-14-5-7-17(26-2)16(11-14)22-18(24)13-27-19-8-6-15(12-21-19)20(25)23-9-3-4-10-23/h5-8,11-12H,3-4,9-10,13H2,1-2H3,(H,22,24). The number of likely N-dealkylation sites (tertiary alicyclic amines) is 1. The first-order valence-electron chi connectivity index (χ1n) is 8.89. The molecule has 7 heteroatoms. The normalized spacial score (nSPS) is 13.5. The van der Waals surface area contributed by atoms with Crippen molar-refractivity contribution in [3.63, 3.8) is 0 Å². The van der Waals surface area contributed by atoms with Crippen LogP contribution in [0.4, 0.5) is 5.69 Å². The summed E-state index contributed by atoms with van der Waals surface area (Å²) in [5.74, 6) is 0.745. The first kappa shape index (κ1) is 19.2. The number of hydrogen-bond acceptors (Lipinski definition) is 5. The summed E-state index contributed by atoms with van der Waals surface area (Å²) in [4.78, 5) is 30.7. The Kier molecular flexibility index (Phi) is 6.34. The molecule has 1 N–H and O–H groups in total. The third-order valence-corrected chi connectivity index (χ3v) is 5.30. The number of nitrogens with zero attached hydrogens (tertiary/aromatic N) is 2. The van der Waals surface area contributed by atoms with E-state index >= 15 is 0 Å². The average molecular weight is 385 g/mol. The molecular formula is C20H23N3O3S. The molecule has 1 aromatic carbocycles. The van der Waals surface area contributed by atoms with E-state index in [1.54, 1.807) is 25.4 Å². The Balaban J connectivity index is 1.54. The Morgan fingerprint density at radius 3 is 2.67 bits per heavy atom. The molecule has 2 amide bonds. The summed E-state index contributed by atoms with van der Waals surface area (Å²) in [5.41, 5.74) is 2.29. The van der Waals surface area contributed by atoms with E-state index in [9.17, 15) is 9.59 Å². The van der Waals surface area contributed by atoms with Gasteiger partial charge in [0.1, 0.15) is 5.75 Å². The molecule has 27 heavy (non-hydrogen) atoms. The number of pyridine rings is 1. The Bertz CT molecular complexity index is 818. The van der Waals surface area contributed by atoms with Crippen LogP contribution in [0.5, 0.6) is 5.75 Å². The quantitative estimate of drug-likeness (QED) is 0.772. The first-order valence-corrected chi connectivity index (χ1v) is 9.88. The molecule has 0 radical (unpaired) electrons. The zero-order valence-electron chi connectivity index (χ0n) is 15.5. The van der Waals surface area contributed by atoms with Gasteiger partial charge in [-0.05, 0) is 49.6 Å². The van der Waals surface area contributed by atoms with E-state index in [1.165, 1.54) is 11.8 Å². The molecule has 6 nitrogen and oxygen atoms in total. The maximum atomic E-state index is 12.3. The second kappa shape index (κ2) is 8.90. The van der Waals surface area contributed by atoms with Gasteiger partial charge in [-0.25, -0.2) is 4.98 Å². The van der Waals surface area contributed by atoms with Crippen molar-refractivity contribution in [2.24, 2.45) is 0 Å². The van der Waals surface area contributed by atoms with Crippen molar-refractivity contribution in [2.75, 3.05) is 31.3 Å². The van der Waals surface area contributed by atoms with Crippen molar-refractivity contribution in [3.05, 3.63) is 47.7 Å². The van der Waals surface area contributed by atoms with Gasteiger partial charge in [0.05, 0.1) is 29.1 Å². The Morgan fingerprint density at radius 2 is 2.00 bits per heavy atom. The first-order chi connectivity index (χ1) is 13.1. The number of anilines is 1. The highest BCUT2D eigenvalue weighted by Gasteiger charge is 2.19. The highest BCUT2D eigenvalue weighted by atomic mass is 32.2. The number of rotatable bonds is 6. The second-order valence-electron chi connectivity index (χ2n) is 6.43. The lowest BCUT2D eigenvalue weighted by molar-refractivity contribution is -0.113. The van der Waals surface area contributed by atoms with E-state index in [0.29, 0.717) is 22.0 Å². The summed E-state index contributed by atoms with van der Waals surface area (Å²) >= 11 is 1.33. The number of nitrogens with one attached hydrogen (secondary N) is 1. The van der Waals surface area contributed by atoms with Crippen LogP contribution in [0.2, 0.25) is 0 Å². The highest BCUT2D eigenvalue weighted by molar-refractivity contribution is 7.99. The average Bonchev–Trinajstić information content (AvgIpc) is 3.21. The Hall–Kier alpha value is -2.54. The zero-order chi connectivity index (χ0) is 19.2. The van der Waals surface area contributed by atoms with Crippen molar-refractivity contribution in [1.82, 2.24) is 9.88 Å². The summed E-state index contributed by atoms with van der Waals surface area (Å²) in [7, 11) is 1.57.